The number of nitrogens with one attached hydrogen (secondary N) is 2. The van der Waals surface area contributed by atoms with Crippen LogP contribution in [0.3, 0.4) is 0 Å². The zero-order chi connectivity index (χ0) is 26.2. The van der Waals surface area contributed by atoms with Gasteiger partial charge >= 0.3 is 0 Å². The van der Waals surface area contributed by atoms with Gasteiger partial charge in [-0.15, -0.1) is 0 Å². The van der Waals surface area contributed by atoms with Gasteiger partial charge in [-0.2, -0.15) is 0 Å². The quantitative estimate of drug-likeness (QED) is 0.344. The number of nitrogens with zero attached hydrogens (tertiary/aromatic N) is 3. The number of fused-ring (bicyclic) bond motifs is 1. The van der Waals surface area contributed by atoms with E-state index in [1.54, 1.807) is 35.2 Å². The van der Waals surface area contributed by atoms with Crippen molar-refractivity contribution in [2.24, 2.45) is 0 Å². The number of ketones is 1. The Morgan fingerprint density at radius 1 is 1.03 bits per heavy atom. The van der Waals surface area contributed by atoms with Crippen molar-refractivity contribution in [3.8, 4) is 5.75 Å². The molecule has 0 bridgehead atoms. The van der Waals surface area contributed by atoms with E-state index in [4.69, 9.17) is 4.74 Å². The number of methoxy groups -OCH3 is 1. The van der Waals surface area contributed by atoms with Gasteiger partial charge in [-0.05, 0) is 36.2 Å². The molecule has 0 spiro atoms. The topological polar surface area (TPSA) is 94.2 Å². The van der Waals surface area contributed by atoms with Crippen LogP contribution < -0.4 is 20.3 Å². The Bertz CT molecular complexity index is 1060. The fourth-order valence-electron chi connectivity index (χ4n) is 4.12. The second-order valence-electron chi connectivity index (χ2n) is 9.27. The molecule has 0 aliphatic carbocycles. The molecule has 1 aliphatic rings. The molecule has 36 heavy (non-hydrogen) atoms. The maximum absolute atomic E-state index is 13.4. The van der Waals surface area contributed by atoms with Gasteiger partial charge in [-0.3, -0.25) is 19.4 Å². The second-order valence-corrected chi connectivity index (χ2v) is 9.27. The summed E-state index contributed by atoms with van der Waals surface area (Å²) in [6, 6.07) is 13.5. The van der Waals surface area contributed by atoms with Crippen molar-refractivity contribution < 1.29 is 19.1 Å². The Morgan fingerprint density at radius 2 is 1.69 bits per heavy atom. The lowest BCUT2D eigenvalue weighted by Crippen LogP contribution is -2.48. The highest BCUT2D eigenvalue weighted by atomic mass is 16.5. The number of rotatable bonds is 12. The predicted octanol–water partition coefficient (Wildman–Crippen LogP) is 2.21. The first kappa shape index (κ1) is 27.2. The lowest BCUT2D eigenvalue weighted by molar-refractivity contribution is -0.145. The number of amides is 2. The van der Waals surface area contributed by atoms with Crippen LogP contribution in [0.15, 0.2) is 42.5 Å². The van der Waals surface area contributed by atoms with E-state index in [0.29, 0.717) is 49.2 Å². The third-order valence-electron chi connectivity index (χ3n) is 6.20. The molecule has 0 unspecified atom stereocenters. The third kappa shape index (κ3) is 7.05. The average Bonchev–Trinajstić information content (AvgIpc) is 3.29. The highest BCUT2D eigenvalue weighted by molar-refractivity contribution is 5.96. The fraction of sp³-hybridized carbons (Fsp3) is 0.444. The molecule has 2 N–H and O–H groups in total. The van der Waals surface area contributed by atoms with Crippen molar-refractivity contribution in [3.05, 3.63) is 59.2 Å². The van der Waals surface area contributed by atoms with E-state index >= 15 is 0 Å². The van der Waals surface area contributed by atoms with Gasteiger partial charge in [0.05, 0.1) is 25.9 Å². The molecule has 2 aromatic rings. The average molecular weight is 496 g/mol. The van der Waals surface area contributed by atoms with Gasteiger partial charge in [0.25, 0.3) is 5.91 Å². The normalized spacial score (nSPS) is 12.8. The van der Waals surface area contributed by atoms with E-state index in [-0.39, 0.29) is 30.7 Å². The van der Waals surface area contributed by atoms with E-state index < -0.39 is 0 Å². The Morgan fingerprint density at radius 3 is 2.28 bits per heavy atom. The summed E-state index contributed by atoms with van der Waals surface area (Å²) >= 11 is 0. The van der Waals surface area contributed by atoms with E-state index in [0.717, 1.165) is 0 Å². The summed E-state index contributed by atoms with van der Waals surface area (Å²) in [6.07, 6.45) is 0. The standard InChI is InChI=1S/C27H37N5O4/c1-19(2)28-12-13-29-26(34)17-31(24-14-21(20(3)33)10-11-25(24)36-5)18-27(35)30(4)32-15-22-8-6-7-9-23(22)16-32/h6-11,14,19,28H,12-13,15-18H2,1-5H3,(H,29,34). The van der Waals surface area contributed by atoms with Gasteiger partial charge in [-0.1, -0.05) is 38.1 Å². The Labute approximate surface area is 213 Å². The predicted molar refractivity (Wildman–Crippen MR) is 140 cm³/mol. The van der Waals surface area contributed by atoms with E-state index in [1.165, 1.54) is 25.2 Å². The number of carbonyl (C=O) groups excluding carboxylic acids is 3. The molecule has 1 heterocycles. The van der Waals surface area contributed by atoms with Gasteiger partial charge in [-0.25, -0.2) is 5.01 Å². The Balaban J connectivity index is 1.77. The van der Waals surface area contributed by atoms with Crippen LogP contribution in [-0.2, 0) is 22.7 Å². The van der Waals surface area contributed by atoms with Crippen molar-refractivity contribution in [3.63, 3.8) is 0 Å². The van der Waals surface area contributed by atoms with Crippen molar-refractivity contribution in [2.75, 3.05) is 45.2 Å². The largest absolute Gasteiger partial charge is 0.495 e. The number of likely N-dealkylation sites (N-methyl/N-ethyl adjacent to an activating group) is 1. The van der Waals surface area contributed by atoms with Crippen LogP contribution in [-0.4, -0.2) is 74.0 Å². The van der Waals surface area contributed by atoms with Crippen LogP contribution in [0.4, 0.5) is 5.69 Å². The lowest BCUT2D eigenvalue weighted by Gasteiger charge is -2.32. The molecule has 2 amide bonds. The smallest absolute Gasteiger partial charge is 0.256 e. The molecular formula is C27H37N5O4. The molecule has 0 atom stereocenters. The third-order valence-corrected chi connectivity index (χ3v) is 6.20. The molecule has 0 radical (unpaired) electrons. The summed E-state index contributed by atoms with van der Waals surface area (Å²) in [7, 11) is 3.27. The second kappa shape index (κ2) is 12.5. The highest BCUT2D eigenvalue weighted by Crippen LogP contribution is 2.30. The molecule has 0 fully saturated rings. The zero-order valence-corrected chi connectivity index (χ0v) is 21.8. The minimum Gasteiger partial charge on any atom is -0.495 e. The van der Waals surface area contributed by atoms with Crippen molar-refractivity contribution >= 4 is 23.3 Å². The first-order valence-corrected chi connectivity index (χ1v) is 12.2. The number of ether oxygens (including phenoxy) is 1. The van der Waals surface area contributed by atoms with Crippen LogP contribution in [0.5, 0.6) is 5.75 Å². The molecule has 3 rings (SSSR count). The maximum Gasteiger partial charge on any atom is 0.256 e. The van der Waals surface area contributed by atoms with Crippen LogP contribution in [0.2, 0.25) is 0 Å². The SMILES string of the molecule is COc1ccc(C(C)=O)cc1N(CC(=O)NCCNC(C)C)CC(=O)N(C)N1Cc2ccccc2C1. The summed E-state index contributed by atoms with van der Waals surface area (Å²) in [5, 5.41) is 9.74. The van der Waals surface area contributed by atoms with Crippen LogP contribution in [0, 0.1) is 0 Å². The van der Waals surface area contributed by atoms with Crippen LogP contribution in [0.25, 0.3) is 0 Å². The summed E-state index contributed by atoms with van der Waals surface area (Å²) in [5.41, 5.74) is 3.39. The molecule has 194 valence electrons. The summed E-state index contributed by atoms with van der Waals surface area (Å²) in [5.74, 6) is -0.0214. The zero-order valence-electron chi connectivity index (χ0n) is 21.8. The number of hydrogen-bond donors (Lipinski definition) is 2. The number of benzene rings is 2. The van der Waals surface area contributed by atoms with Gasteiger partial charge in [0, 0.05) is 44.8 Å². The van der Waals surface area contributed by atoms with Crippen molar-refractivity contribution in [1.29, 1.82) is 0 Å². The molecule has 2 aromatic carbocycles. The van der Waals surface area contributed by atoms with E-state index in [1.807, 2.05) is 31.0 Å². The van der Waals surface area contributed by atoms with Gasteiger partial charge < -0.3 is 20.3 Å². The number of anilines is 1. The highest BCUT2D eigenvalue weighted by Gasteiger charge is 2.27. The Hall–Kier alpha value is -3.43. The first-order chi connectivity index (χ1) is 17.2. The maximum atomic E-state index is 13.4. The molecule has 9 nitrogen and oxygen atoms in total. The monoisotopic (exact) mass is 495 g/mol. The van der Waals surface area contributed by atoms with Crippen LogP contribution >= 0.6 is 0 Å². The van der Waals surface area contributed by atoms with Gasteiger partial charge in [0.2, 0.25) is 5.91 Å². The minimum atomic E-state index is -0.222. The number of hydrazine groups is 1. The van der Waals surface area contributed by atoms with Gasteiger partial charge in [0.15, 0.2) is 5.78 Å². The van der Waals surface area contributed by atoms with E-state index in [2.05, 4.69) is 22.8 Å². The molecule has 1 aliphatic heterocycles. The number of Topliss-reactive ketones (excluding diaryl/α,β-unsaturated/α-hetero) is 1. The fourth-order valence-corrected chi connectivity index (χ4v) is 4.12. The van der Waals surface area contributed by atoms with E-state index in [9.17, 15) is 14.4 Å². The number of hydrogen-bond acceptors (Lipinski definition) is 7. The molecule has 0 saturated carbocycles. The number of carbonyl (C=O) groups is 3. The van der Waals surface area contributed by atoms with Crippen molar-refractivity contribution in [2.45, 2.75) is 39.9 Å². The molecular weight excluding hydrogens is 458 g/mol. The summed E-state index contributed by atoms with van der Waals surface area (Å²) in [6.45, 7) is 7.85. The first-order valence-electron chi connectivity index (χ1n) is 12.2. The van der Waals surface area contributed by atoms with Crippen molar-refractivity contribution in [1.82, 2.24) is 20.7 Å². The molecule has 9 heteroatoms. The van der Waals surface area contributed by atoms with Gasteiger partial charge in [0.1, 0.15) is 5.75 Å². The molecule has 0 aromatic heterocycles. The summed E-state index contributed by atoms with van der Waals surface area (Å²) < 4.78 is 5.52. The minimum absolute atomic E-state index is 0.0563. The molecule has 0 saturated heterocycles. The Kier molecular flexibility index (Phi) is 9.44. The van der Waals surface area contributed by atoms with Crippen LogP contribution in [0.1, 0.15) is 42.3 Å². The lowest BCUT2D eigenvalue weighted by atomic mass is 10.1. The summed E-state index contributed by atoms with van der Waals surface area (Å²) in [4.78, 5) is 39.9.